The van der Waals surface area contributed by atoms with Crippen molar-refractivity contribution >= 4 is 40.1 Å². The molecule has 0 radical (unpaired) electrons. The van der Waals surface area contributed by atoms with Crippen LogP contribution in [0.25, 0.3) is 0 Å². The Kier molecular flexibility index (Phi) is 7.63. The van der Waals surface area contributed by atoms with Crippen molar-refractivity contribution < 1.29 is 0 Å². The average Bonchev–Trinajstić information content (AvgIpc) is 2.72. The molecule has 0 N–H and O–H groups in total. The molecule has 3 nitrogen and oxygen atoms in total. The van der Waals surface area contributed by atoms with Gasteiger partial charge in [-0.2, -0.15) is 0 Å². The summed E-state index contributed by atoms with van der Waals surface area (Å²) in [5, 5.41) is 0. The predicted molar refractivity (Wildman–Crippen MR) is 161 cm³/mol. The number of nitrogens with zero attached hydrogens (tertiary/aromatic N) is 3. The van der Waals surface area contributed by atoms with Crippen molar-refractivity contribution in [2.75, 3.05) is 18.0 Å². The van der Waals surface area contributed by atoms with Gasteiger partial charge in [-0.25, -0.2) is 0 Å². The van der Waals surface area contributed by atoms with Gasteiger partial charge >= 0.3 is 0 Å². The lowest BCUT2D eigenvalue weighted by atomic mass is 9.74. The molecule has 0 saturated carbocycles. The summed E-state index contributed by atoms with van der Waals surface area (Å²) in [6.45, 7) is 32.3. The number of piperidine rings is 1. The van der Waals surface area contributed by atoms with E-state index in [1.54, 1.807) is 0 Å². The Morgan fingerprint density at radius 1 is 0.686 bits per heavy atom. The van der Waals surface area contributed by atoms with E-state index in [0.717, 1.165) is 35.9 Å². The van der Waals surface area contributed by atoms with Gasteiger partial charge in [-0.05, 0) is 109 Å². The summed E-state index contributed by atoms with van der Waals surface area (Å²) < 4.78 is 0. The maximum Gasteiger partial charge on any atom is 0.0838 e. The predicted octanol–water partition coefficient (Wildman–Crippen LogP) is 7.46. The van der Waals surface area contributed by atoms with Gasteiger partial charge in [0.05, 0.1) is 15.5 Å². The van der Waals surface area contributed by atoms with Crippen molar-refractivity contribution in [3.05, 3.63) is 27.8 Å². The number of anilines is 1. The Balaban J connectivity index is 1.94. The van der Waals surface area contributed by atoms with Gasteiger partial charge in [-0.3, -0.25) is 4.90 Å². The van der Waals surface area contributed by atoms with Gasteiger partial charge in [0.1, 0.15) is 0 Å². The smallest absolute Gasteiger partial charge is 0.0838 e. The molecule has 1 aromatic rings. The molecule has 0 aliphatic carbocycles. The summed E-state index contributed by atoms with van der Waals surface area (Å²) in [6, 6.07) is 0.791. The van der Waals surface area contributed by atoms with E-state index in [4.69, 9.17) is 24.4 Å². The van der Waals surface area contributed by atoms with Crippen LogP contribution in [0.2, 0.25) is 0 Å². The lowest BCUT2D eigenvalue weighted by Gasteiger charge is -2.61. The number of hydrogen-bond acceptors (Lipinski definition) is 4. The van der Waals surface area contributed by atoms with Crippen molar-refractivity contribution in [2.45, 2.75) is 126 Å². The van der Waals surface area contributed by atoms with E-state index >= 15 is 0 Å². The molecule has 2 saturated heterocycles. The first-order valence-electron chi connectivity index (χ1n) is 13.3. The summed E-state index contributed by atoms with van der Waals surface area (Å²) >= 11 is 12.0. The van der Waals surface area contributed by atoms with E-state index in [-0.39, 0.29) is 16.5 Å². The zero-order chi connectivity index (χ0) is 26.8. The molecular weight excluding hydrogens is 466 g/mol. The van der Waals surface area contributed by atoms with Crippen LogP contribution in [0.3, 0.4) is 0 Å². The molecule has 3 rings (SSSR count). The molecule has 2 aliphatic rings. The van der Waals surface area contributed by atoms with Crippen molar-refractivity contribution in [1.82, 2.24) is 9.80 Å². The Morgan fingerprint density at radius 3 is 1.57 bits per heavy atom. The molecule has 2 aliphatic heterocycles. The van der Waals surface area contributed by atoms with Gasteiger partial charge in [-0.15, -0.1) is 0 Å². The van der Waals surface area contributed by atoms with E-state index in [0.29, 0.717) is 12.1 Å². The Hall–Kier alpha value is -1.04. The summed E-state index contributed by atoms with van der Waals surface area (Å²) in [4.78, 5) is 9.72. The molecule has 0 bridgehead atoms. The van der Waals surface area contributed by atoms with Crippen LogP contribution >= 0.6 is 24.4 Å². The van der Waals surface area contributed by atoms with Crippen LogP contribution in [-0.2, 0) is 0 Å². The highest BCUT2D eigenvalue weighted by atomic mass is 32.1. The Morgan fingerprint density at radius 2 is 1.11 bits per heavy atom. The number of benzene rings is 1. The van der Waals surface area contributed by atoms with Crippen LogP contribution in [0.4, 0.5) is 5.69 Å². The largest absolute Gasteiger partial charge is 0.366 e. The highest BCUT2D eigenvalue weighted by Crippen LogP contribution is 2.44. The maximum absolute atomic E-state index is 5.98. The third-order valence-electron chi connectivity index (χ3n) is 10.0. The van der Waals surface area contributed by atoms with E-state index in [9.17, 15) is 0 Å². The highest BCUT2D eigenvalue weighted by Gasteiger charge is 2.52. The van der Waals surface area contributed by atoms with Crippen molar-refractivity contribution in [3.63, 3.8) is 0 Å². The zero-order valence-corrected chi connectivity index (χ0v) is 26.3. The Labute approximate surface area is 226 Å². The molecule has 2 fully saturated rings. The second kappa shape index (κ2) is 9.36. The lowest BCUT2D eigenvalue weighted by Crippen LogP contribution is -2.73. The van der Waals surface area contributed by atoms with Crippen LogP contribution in [0, 0.1) is 40.0 Å². The van der Waals surface area contributed by atoms with Gasteiger partial charge in [0.25, 0.3) is 0 Å². The third kappa shape index (κ3) is 4.59. The van der Waals surface area contributed by atoms with Crippen molar-refractivity contribution in [3.8, 4) is 0 Å². The number of thiocarbonyl (C=S) groups is 2. The first-order chi connectivity index (χ1) is 15.9. The minimum Gasteiger partial charge on any atom is -0.366 e. The van der Waals surface area contributed by atoms with Crippen LogP contribution in [0.5, 0.6) is 0 Å². The molecule has 0 amide bonds. The van der Waals surface area contributed by atoms with Gasteiger partial charge in [-0.1, -0.05) is 38.3 Å². The number of hydrogen-bond donors (Lipinski definition) is 0. The van der Waals surface area contributed by atoms with Crippen LogP contribution in [0.1, 0.15) is 96.0 Å². The van der Waals surface area contributed by atoms with E-state index in [1.807, 2.05) is 0 Å². The molecule has 2 unspecified atom stereocenters. The van der Waals surface area contributed by atoms with E-state index in [2.05, 4.69) is 105 Å². The third-order valence-corrected chi connectivity index (χ3v) is 10.7. The molecule has 0 aromatic heterocycles. The van der Waals surface area contributed by atoms with Crippen molar-refractivity contribution in [2.24, 2.45) is 5.41 Å². The first kappa shape index (κ1) is 28.5. The number of rotatable bonds is 4. The minimum atomic E-state index is -0.212. The fraction of sp³-hybridized carbons (Fsp3) is 0.733. The number of piperazine rings is 1. The molecule has 2 heterocycles. The normalized spacial score (nSPS) is 24.4. The standard InChI is InChI=1S/C30H49N3S2/c1-18-19(2)21(4)27(22(5)20(18)3)31-14-15-32(24(7)23(31)6)29(10,11)30(12,13)33-25(34)16-28(8,9)17-26(33)35/h23-24H,14-17H2,1-13H3. The second-order valence-corrected chi connectivity index (χ2v) is 14.0. The van der Waals surface area contributed by atoms with Crippen molar-refractivity contribution in [1.29, 1.82) is 0 Å². The zero-order valence-electron chi connectivity index (χ0n) is 24.6. The quantitative estimate of drug-likeness (QED) is 0.384. The average molecular weight is 516 g/mol. The molecule has 0 spiro atoms. The SMILES string of the molecule is Cc1c(C)c(C)c(N2CCN(C(C)(C)C(C)(C)N3C(=S)CC(C)(C)CC3=S)C(C)C2C)c(C)c1C. The molecule has 1 aromatic carbocycles. The van der Waals surface area contributed by atoms with Gasteiger partial charge < -0.3 is 9.80 Å². The summed E-state index contributed by atoms with van der Waals surface area (Å²) in [5.74, 6) is 0. The highest BCUT2D eigenvalue weighted by molar-refractivity contribution is 7.82. The molecule has 196 valence electrons. The first-order valence-corrected chi connectivity index (χ1v) is 14.1. The Bertz CT molecular complexity index is 988. The summed E-state index contributed by atoms with van der Waals surface area (Å²) in [7, 11) is 0. The van der Waals surface area contributed by atoms with E-state index < -0.39 is 0 Å². The monoisotopic (exact) mass is 515 g/mol. The number of likely N-dealkylation sites (tertiary alicyclic amines) is 1. The van der Waals surface area contributed by atoms with Gasteiger partial charge in [0.15, 0.2) is 0 Å². The summed E-state index contributed by atoms with van der Waals surface area (Å²) in [6.07, 6.45) is 1.85. The molecule has 5 heteroatoms. The molecular formula is C30H49N3S2. The van der Waals surface area contributed by atoms with Crippen LogP contribution in [-0.4, -0.2) is 56.0 Å². The molecule has 2 atom stereocenters. The van der Waals surface area contributed by atoms with E-state index in [1.165, 1.54) is 33.5 Å². The second-order valence-electron chi connectivity index (χ2n) is 13.1. The van der Waals surface area contributed by atoms with Gasteiger partial charge in [0.2, 0.25) is 0 Å². The van der Waals surface area contributed by atoms with Crippen LogP contribution < -0.4 is 4.90 Å². The topological polar surface area (TPSA) is 9.72 Å². The lowest BCUT2D eigenvalue weighted by molar-refractivity contribution is -0.0260. The summed E-state index contributed by atoms with van der Waals surface area (Å²) in [5.41, 5.74) is 8.43. The van der Waals surface area contributed by atoms with Crippen LogP contribution in [0.15, 0.2) is 0 Å². The molecule has 35 heavy (non-hydrogen) atoms. The maximum atomic E-state index is 5.98. The fourth-order valence-corrected chi connectivity index (χ4v) is 8.10. The fourth-order valence-electron chi connectivity index (χ4n) is 6.59. The minimum absolute atomic E-state index is 0.119. The van der Waals surface area contributed by atoms with Gasteiger partial charge in [0, 0.05) is 49.2 Å².